The monoisotopic (exact) mass is 680 g/mol. The van der Waals surface area contributed by atoms with E-state index in [9.17, 15) is 0 Å². The van der Waals surface area contributed by atoms with Gasteiger partial charge in [0.2, 0.25) is 0 Å². The van der Waals surface area contributed by atoms with Crippen LogP contribution in [0.25, 0.3) is 75.2 Å². The smallest absolute Gasteiger partial charge is 0.0716 e. The molecule has 2 nitrogen and oxygen atoms in total. The molecule has 0 aliphatic heterocycles. The highest BCUT2D eigenvalue weighted by Crippen LogP contribution is 2.40. The highest BCUT2D eigenvalue weighted by molar-refractivity contribution is 7.25. The number of thiophene rings is 1. The highest BCUT2D eigenvalue weighted by Gasteiger charge is 2.16. The number of rotatable bonds is 6. The first-order valence-electron chi connectivity index (χ1n) is 17.6. The Morgan fingerprint density at radius 2 is 0.904 bits per heavy atom. The number of pyridine rings is 1. The molecular formula is C49H32N2S. The third kappa shape index (κ3) is 5.31. The molecule has 0 amide bonds. The molecule has 0 fully saturated rings. The van der Waals surface area contributed by atoms with Gasteiger partial charge >= 0.3 is 0 Å². The molecule has 0 saturated carbocycles. The van der Waals surface area contributed by atoms with Crippen molar-refractivity contribution < 1.29 is 0 Å². The maximum absolute atomic E-state index is 4.90. The summed E-state index contributed by atoms with van der Waals surface area (Å²) in [6.07, 6.45) is 2.03. The van der Waals surface area contributed by atoms with E-state index in [0.717, 1.165) is 28.3 Å². The fourth-order valence-corrected chi connectivity index (χ4v) is 8.64. The van der Waals surface area contributed by atoms with Crippen LogP contribution in [-0.4, -0.2) is 4.98 Å². The summed E-state index contributed by atoms with van der Waals surface area (Å²) in [6.45, 7) is 0. The molecule has 0 aliphatic carbocycles. The lowest BCUT2D eigenvalue weighted by Gasteiger charge is -2.26. The van der Waals surface area contributed by atoms with Gasteiger partial charge in [-0.2, -0.15) is 0 Å². The van der Waals surface area contributed by atoms with Crippen molar-refractivity contribution in [3.8, 4) is 33.5 Å². The Morgan fingerprint density at radius 1 is 0.365 bits per heavy atom. The molecule has 0 saturated heterocycles. The van der Waals surface area contributed by atoms with E-state index in [-0.39, 0.29) is 0 Å². The van der Waals surface area contributed by atoms with E-state index in [4.69, 9.17) is 4.98 Å². The highest BCUT2D eigenvalue weighted by atomic mass is 32.1. The van der Waals surface area contributed by atoms with Gasteiger partial charge in [-0.05, 0) is 98.4 Å². The summed E-state index contributed by atoms with van der Waals surface area (Å²) in [6, 6.07) is 67.8. The predicted octanol–water partition coefficient (Wildman–Crippen LogP) is 14.2. The van der Waals surface area contributed by atoms with Crippen molar-refractivity contribution in [3.05, 3.63) is 194 Å². The van der Waals surface area contributed by atoms with Crippen molar-refractivity contribution in [2.45, 2.75) is 0 Å². The number of fused-ring (bicyclic) bond motifs is 6. The van der Waals surface area contributed by atoms with Crippen LogP contribution in [0.4, 0.5) is 17.1 Å². The van der Waals surface area contributed by atoms with Gasteiger partial charge < -0.3 is 4.90 Å². The summed E-state index contributed by atoms with van der Waals surface area (Å²) in [5.74, 6) is 0. The SMILES string of the molecule is c1ccc(-c2ccc(N(c3ccc(-c4cc5sc6ccccc6c5cn4)cc3)c3ccc(-c4cc5ccccc5c5ccccc45)cc3)cc2)cc1. The summed E-state index contributed by atoms with van der Waals surface area (Å²) >= 11 is 1.82. The van der Waals surface area contributed by atoms with Crippen LogP contribution in [0.1, 0.15) is 0 Å². The second kappa shape index (κ2) is 12.6. The van der Waals surface area contributed by atoms with Crippen molar-refractivity contribution in [2.24, 2.45) is 0 Å². The van der Waals surface area contributed by atoms with E-state index in [1.54, 1.807) is 0 Å². The lowest BCUT2D eigenvalue weighted by atomic mass is 9.93. The van der Waals surface area contributed by atoms with Crippen LogP contribution in [0.2, 0.25) is 0 Å². The Bertz CT molecular complexity index is 2870. The summed E-state index contributed by atoms with van der Waals surface area (Å²) < 4.78 is 2.55. The zero-order valence-electron chi connectivity index (χ0n) is 28.3. The van der Waals surface area contributed by atoms with Crippen LogP contribution in [0.5, 0.6) is 0 Å². The van der Waals surface area contributed by atoms with Gasteiger partial charge in [-0.25, -0.2) is 0 Å². The average molecular weight is 681 g/mol. The minimum atomic E-state index is 0.983. The number of benzene rings is 8. The van der Waals surface area contributed by atoms with Crippen molar-refractivity contribution in [1.82, 2.24) is 4.98 Å². The molecule has 10 aromatic rings. The van der Waals surface area contributed by atoms with Gasteiger partial charge in [0.15, 0.2) is 0 Å². The predicted molar refractivity (Wildman–Crippen MR) is 223 cm³/mol. The molecule has 10 rings (SSSR count). The van der Waals surface area contributed by atoms with Crippen LogP contribution in [0.3, 0.4) is 0 Å². The number of hydrogen-bond acceptors (Lipinski definition) is 3. The van der Waals surface area contributed by atoms with E-state index in [1.807, 2.05) is 17.5 Å². The van der Waals surface area contributed by atoms with Crippen LogP contribution in [0, 0.1) is 0 Å². The van der Waals surface area contributed by atoms with Crippen LogP contribution < -0.4 is 4.90 Å². The number of aromatic nitrogens is 1. The van der Waals surface area contributed by atoms with Gasteiger partial charge in [0.05, 0.1) is 5.69 Å². The van der Waals surface area contributed by atoms with Gasteiger partial charge in [-0.15, -0.1) is 11.3 Å². The van der Waals surface area contributed by atoms with Crippen LogP contribution >= 0.6 is 11.3 Å². The van der Waals surface area contributed by atoms with E-state index >= 15 is 0 Å². The molecule has 0 aliphatic rings. The van der Waals surface area contributed by atoms with E-state index in [0.29, 0.717) is 0 Å². The first-order valence-corrected chi connectivity index (χ1v) is 18.4. The Hall–Kier alpha value is -6.55. The molecular weight excluding hydrogens is 649 g/mol. The zero-order valence-corrected chi connectivity index (χ0v) is 29.1. The van der Waals surface area contributed by atoms with Gasteiger partial charge in [0, 0.05) is 49.0 Å². The van der Waals surface area contributed by atoms with Gasteiger partial charge in [-0.1, -0.05) is 133 Å². The first kappa shape index (κ1) is 30.3. The van der Waals surface area contributed by atoms with Crippen LogP contribution in [-0.2, 0) is 0 Å². The standard InChI is InChI=1S/C49H32N2S/c1-2-10-33(11-3-1)34-18-24-38(25-19-34)51(40-28-22-36(23-29-40)47-31-49-46(32-50-47)44-16-8-9-17-48(44)52-49)39-26-20-35(21-27-39)45-30-37-12-4-5-13-41(37)42-14-6-7-15-43(42)45/h1-32H. The normalized spacial score (nSPS) is 11.5. The zero-order chi connectivity index (χ0) is 34.4. The molecule has 0 N–H and O–H groups in total. The minimum absolute atomic E-state index is 0.983. The van der Waals surface area contributed by atoms with Crippen molar-refractivity contribution >= 4 is 70.1 Å². The number of anilines is 3. The Labute approximate surface area is 306 Å². The summed E-state index contributed by atoms with van der Waals surface area (Å²) in [7, 11) is 0. The minimum Gasteiger partial charge on any atom is -0.311 e. The quantitative estimate of drug-likeness (QED) is 0.163. The largest absolute Gasteiger partial charge is 0.311 e. The second-order valence-corrected chi connectivity index (χ2v) is 14.3. The summed E-state index contributed by atoms with van der Waals surface area (Å²) in [4.78, 5) is 7.24. The fraction of sp³-hybridized carbons (Fsp3) is 0. The molecule has 8 aromatic carbocycles. The maximum atomic E-state index is 4.90. The molecule has 0 spiro atoms. The third-order valence-corrected chi connectivity index (χ3v) is 11.3. The van der Waals surface area contributed by atoms with Crippen molar-refractivity contribution in [2.75, 3.05) is 4.90 Å². The number of hydrogen-bond donors (Lipinski definition) is 0. The molecule has 0 radical (unpaired) electrons. The van der Waals surface area contributed by atoms with Gasteiger partial charge in [-0.3, -0.25) is 4.98 Å². The van der Waals surface area contributed by atoms with Crippen molar-refractivity contribution in [3.63, 3.8) is 0 Å². The number of nitrogens with zero attached hydrogens (tertiary/aromatic N) is 2. The molecule has 0 bridgehead atoms. The molecule has 3 heteroatoms. The summed E-state index contributed by atoms with van der Waals surface area (Å²) in [5, 5.41) is 7.56. The first-order chi connectivity index (χ1) is 25.8. The molecule has 0 unspecified atom stereocenters. The Morgan fingerprint density at radius 3 is 1.62 bits per heavy atom. The van der Waals surface area contributed by atoms with E-state index in [2.05, 4.69) is 193 Å². The molecule has 244 valence electrons. The Balaban J connectivity index is 1.05. The van der Waals surface area contributed by atoms with Crippen LogP contribution in [0.15, 0.2) is 194 Å². The lowest BCUT2D eigenvalue weighted by Crippen LogP contribution is -2.09. The van der Waals surface area contributed by atoms with E-state index < -0.39 is 0 Å². The van der Waals surface area contributed by atoms with Gasteiger partial charge in [0.25, 0.3) is 0 Å². The third-order valence-electron chi connectivity index (χ3n) is 10.1. The molecule has 2 aromatic heterocycles. The molecule has 0 atom stereocenters. The van der Waals surface area contributed by atoms with Crippen molar-refractivity contribution in [1.29, 1.82) is 0 Å². The lowest BCUT2D eigenvalue weighted by molar-refractivity contribution is 1.28. The average Bonchev–Trinajstić information content (AvgIpc) is 3.60. The second-order valence-electron chi connectivity index (χ2n) is 13.2. The maximum Gasteiger partial charge on any atom is 0.0716 e. The summed E-state index contributed by atoms with van der Waals surface area (Å²) in [5.41, 5.74) is 10.2. The Kier molecular flexibility index (Phi) is 7.37. The fourth-order valence-electron chi connectivity index (χ4n) is 7.52. The van der Waals surface area contributed by atoms with E-state index in [1.165, 1.54) is 64.0 Å². The molecule has 2 heterocycles. The van der Waals surface area contributed by atoms with Gasteiger partial charge in [0.1, 0.15) is 0 Å². The topological polar surface area (TPSA) is 16.1 Å². The molecule has 52 heavy (non-hydrogen) atoms.